The lowest BCUT2D eigenvalue weighted by atomic mass is 9.86. The molecular weight excluding hydrogens is 635 g/mol. The molecule has 0 aliphatic carbocycles. The van der Waals surface area contributed by atoms with Gasteiger partial charge < -0.3 is 10.2 Å². The monoisotopic (exact) mass is 667 g/mol. The van der Waals surface area contributed by atoms with E-state index >= 15 is 0 Å². The second-order valence-electron chi connectivity index (χ2n) is 12.8. The molecule has 9 aromatic rings. The summed E-state index contributed by atoms with van der Waals surface area (Å²) in [6, 6.07) is 60.1. The molecule has 2 N–H and O–H groups in total. The largest absolute Gasteiger partial charge is 0.455 e. The SMILES string of the molecule is C=C(/N=C(\N=C(/N)c1ccccc1)c1ccccc1)c1c2ccccc2c(-c2cccc(-c3cccc4c3oc3ccccc34)c2)c2ccccc12. The predicted octanol–water partition coefficient (Wildman–Crippen LogP) is 12.0. The van der Waals surface area contributed by atoms with Crippen molar-refractivity contribution in [3.8, 4) is 22.3 Å². The zero-order valence-electron chi connectivity index (χ0n) is 28.3. The van der Waals surface area contributed by atoms with Crippen molar-refractivity contribution < 1.29 is 4.42 Å². The molecule has 0 aliphatic rings. The van der Waals surface area contributed by atoms with Crippen molar-refractivity contribution in [2.75, 3.05) is 0 Å². The Bertz CT molecular complexity index is 2810. The van der Waals surface area contributed by atoms with Gasteiger partial charge in [0.25, 0.3) is 0 Å². The van der Waals surface area contributed by atoms with E-state index in [1.807, 2.05) is 72.8 Å². The summed E-state index contributed by atoms with van der Waals surface area (Å²) in [6.07, 6.45) is 0. The number of amidine groups is 2. The molecule has 0 aliphatic heterocycles. The lowest BCUT2D eigenvalue weighted by Gasteiger charge is -2.18. The molecule has 0 saturated carbocycles. The van der Waals surface area contributed by atoms with Crippen LogP contribution in [0.4, 0.5) is 0 Å². The van der Waals surface area contributed by atoms with Crippen LogP contribution in [-0.2, 0) is 0 Å². The molecule has 0 bridgehead atoms. The first kappa shape index (κ1) is 31.0. The average molecular weight is 668 g/mol. The summed E-state index contributed by atoms with van der Waals surface area (Å²) in [5.74, 6) is 0.885. The second-order valence-corrected chi connectivity index (χ2v) is 12.8. The molecule has 0 unspecified atom stereocenters. The van der Waals surface area contributed by atoms with E-state index in [1.54, 1.807) is 0 Å². The van der Waals surface area contributed by atoms with E-state index < -0.39 is 0 Å². The fraction of sp³-hybridized carbons (Fsp3) is 0. The van der Waals surface area contributed by atoms with Gasteiger partial charge in [-0.1, -0.05) is 170 Å². The Morgan fingerprint density at radius 2 is 1.02 bits per heavy atom. The van der Waals surface area contributed by atoms with Crippen LogP contribution in [0.25, 0.3) is 71.4 Å². The van der Waals surface area contributed by atoms with E-state index in [2.05, 4.69) is 110 Å². The van der Waals surface area contributed by atoms with Crippen LogP contribution in [0.5, 0.6) is 0 Å². The smallest absolute Gasteiger partial charge is 0.162 e. The standard InChI is InChI=1S/C48H33N3O/c1-31(50-48(33-18-6-3-7-19-33)51-47(49)32-16-4-2-5-17-32)44-38-23-8-10-25-40(38)45(41-26-11-9-24-39(41)44)35-21-14-20-34(30-35)36-27-15-28-42-37-22-12-13-29-43(37)52-46(36)42/h2-30H,1H2,(H2,49,50,51). The molecule has 246 valence electrons. The summed E-state index contributed by atoms with van der Waals surface area (Å²) < 4.78 is 6.44. The number of nitrogens with two attached hydrogens (primary N) is 1. The summed E-state index contributed by atoms with van der Waals surface area (Å²) in [4.78, 5) is 9.99. The summed E-state index contributed by atoms with van der Waals surface area (Å²) in [5, 5.41) is 6.57. The Morgan fingerprint density at radius 1 is 0.481 bits per heavy atom. The Balaban J connectivity index is 1.23. The van der Waals surface area contributed by atoms with E-state index in [-0.39, 0.29) is 0 Å². The molecule has 52 heavy (non-hydrogen) atoms. The lowest BCUT2D eigenvalue weighted by molar-refractivity contribution is 0.670. The third kappa shape index (κ3) is 5.44. The molecule has 0 atom stereocenters. The number of fused-ring (bicyclic) bond motifs is 5. The number of furan rings is 1. The lowest BCUT2D eigenvalue weighted by Crippen LogP contribution is -2.16. The Morgan fingerprint density at radius 3 is 1.71 bits per heavy atom. The van der Waals surface area contributed by atoms with Gasteiger partial charge in [0.15, 0.2) is 5.84 Å². The van der Waals surface area contributed by atoms with E-state index in [1.165, 1.54) is 0 Å². The van der Waals surface area contributed by atoms with Gasteiger partial charge in [0.2, 0.25) is 0 Å². The number of nitrogens with zero attached hydrogens (tertiary/aromatic N) is 2. The third-order valence-electron chi connectivity index (χ3n) is 9.66. The van der Waals surface area contributed by atoms with Gasteiger partial charge in [-0.15, -0.1) is 0 Å². The van der Waals surface area contributed by atoms with Gasteiger partial charge in [0.05, 0.1) is 5.70 Å². The Kier molecular flexibility index (Phi) is 7.75. The fourth-order valence-corrected chi connectivity index (χ4v) is 7.28. The molecule has 0 fully saturated rings. The highest BCUT2D eigenvalue weighted by molar-refractivity contribution is 6.20. The molecule has 4 nitrogen and oxygen atoms in total. The second kappa shape index (κ2) is 13.0. The van der Waals surface area contributed by atoms with Crippen molar-refractivity contribution in [1.29, 1.82) is 0 Å². The summed E-state index contributed by atoms with van der Waals surface area (Å²) >= 11 is 0. The quantitative estimate of drug-likeness (QED) is 0.109. The summed E-state index contributed by atoms with van der Waals surface area (Å²) in [7, 11) is 0. The van der Waals surface area contributed by atoms with Crippen molar-refractivity contribution >= 4 is 60.9 Å². The number of rotatable bonds is 6. The maximum absolute atomic E-state index is 6.55. The minimum Gasteiger partial charge on any atom is -0.455 e. The Labute approximate surface area is 301 Å². The molecule has 0 saturated heterocycles. The van der Waals surface area contributed by atoms with Crippen LogP contribution in [0.1, 0.15) is 16.7 Å². The highest BCUT2D eigenvalue weighted by atomic mass is 16.3. The molecule has 9 rings (SSSR count). The van der Waals surface area contributed by atoms with Gasteiger partial charge in [-0.25, -0.2) is 9.98 Å². The zero-order chi connectivity index (χ0) is 35.0. The maximum Gasteiger partial charge on any atom is 0.162 e. The first-order chi connectivity index (χ1) is 25.6. The van der Waals surface area contributed by atoms with Gasteiger partial charge in [-0.3, -0.25) is 0 Å². The number of aliphatic imine (C=N–C) groups is 2. The van der Waals surface area contributed by atoms with Crippen LogP contribution < -0.4 is 5.73 Å². The van der Waals surface area contributed by atoms with Crippen molar-refractivity contribution in [2.45, 2.75) is 0 Å². The number of hydrogen-bond acceptors (Lipinski definition) is 2. The molecule has 1 heterocycles. The minimum absolute atomic E-state index is 0.388. The third-order valence-corrected chi connectivity index (χ3v) is 9.66. The first-order valence-corrected chi connectivity index (χ1v) is 17.3. The van der Waals surface area contributed by atoms with Gasteiger partial charge in [0, 0.05) is 33.0 Å². The topological polar surface area (TPSA) is 63.9 Å². The molecule has 0 spiro atoms. The van der Waals surface area contributed by atoms with E-state index in [9.17, 15) is 0 Å². The van der Waals surface area contributed by atoms with Gasteiger partial charge in [0.1, 0.15) is 17.0 Å². The average Bonchev–Trinajstić information content (AvgIpc) is 3.59. The summed E-state index contributed by atoms with van der Waals surface area (Å²) in [5.41, 5.74) is 16.0. The van der Waals surface area contributed by atoms with Crippen molar-refractivity contribution in [3.05, 3.63) is 199 Å². The molecule has 1 aromatic heterocycles. The summed E-state index contributed by atoms with van der Waals surface area (Å²) in [6.45, 7) is 4.57. The van der Waals surface area contributed by atoms with Gasteiger partial charge >= 0.3 is 0 Å². The molecule has 8 aromatic carbocycles. The van der Waals surface area contributed by atoms with Crippen molar-refractivity contribution in [1.82, 2.24) is 0 Å². The van der Waals surface area contributed by atoms with Gasteiger partial charge in [-0.2, -0.15) is 0 Å². The maximum atomic E-state index is 6.55. The molecule has 4 heteroatoms. The number of para-hydroxylation sites is 2. The van der Waals surface area contributed by atoms with E-state index in [0.29, 0.717) is 17.4 Å². The highest BCUT2D eigenvalue weighted by Crippen LogP contribution is 2.43. The van der Waals surface area contributed by atoms with Crippen molar-refractivity contribution in [2.24, 2.45) is 15.7 Å². The zero-order valence-corrected chi connectivity index (χ0v) is 28.3. The molecular formula is C48H33N3O. The van der Waals surface area contributed by atoms with Crippen molar-refractivity contribution in [3.63, 3.8) is 0 Å². The number of benzene rings is 8. The molecule has 0 amide bonds. The predicted molar refractivity (Wildman–Crippen MR) is 219 cm³/mol. The van der Waals surface area contributed by atoms with Crippen LogP contribution in [0.3, 0.4) is 0 Å². The number of hydrogen-bond donors (Lipinski definition) is 1. The van der Waals surface area contributed by atoms with Crippen LogP contribution in [-0.4, -0.2) is 11.7 Å². The van der Waals surface area contributed by atoms with Crippen LogP contribution >= 0.6 is 0 Å². The minimum atomic E-state index is 0.388. The van der Waals surface area contributed by atoms with Crippen LogP contribution in [0.2, 0.25) is 0 Å². The fourth-order valence-electron chi connectivity index (χ4n) is 7.28. The van der Waals surface area contributed by atoms with E-state index in [4.69, 9.17) is 20.1 Å². The highest BCUT2D eigenvalue weighted by Gasteiger charge is 2.19. The molecule has 0 radical (unpaired) electrons. The van der Waals surface area contributed by atoms with Crippen LogP contribution in [0, 0.1) is 0 Å². The Hall–Kier alpha value is -7.04. The van der Waals surface area contributed by atoms with E-state index in [0.717, 1.165) is 82.4 Å². The normalized spacial score (nSPS) is 12.2. The van der Waals surface area contributed by atoms with Crippen LogP contribution in [0.15, 0.2) is 197 Å². The van der Waals surface area contributed by atoms with Gasteiger partial charge in [-0.05, 0) is 50.4 Å². The first-order valence-electron chi connectivity index (χ1n) is 17.3.